The van der Waals surface area contributed by atoms with Gasteiger partial charge >= 0.3 is 10.4 Å². The topological polar surface area (TPSA) is 115 Å². The van der Waals surface area contributed by atoms with Gasteiger partial charge in [-0.05, 0) is 6.92 Å². The van der Waals surface area contributed by atoms with Crippen LogP contribution in [0.25, 0.3) is 0 Å². The smallest absolute Gasteiger partial charge is 0.386 e. The Kier molecular flexibility index (Phi) is 4.43. The molecular weight excluding hydrogens is 212 g/mol. The third-order valence-electron chi connectivity index (χ3n) is 1.44. The molecular formula is C7H12O6S. The minimum atomic E-state index is -4.67. The van der Waals surface area contributed by atoms with E-state index in [1.165, 1.54) is 0 Å². The predicted molar refractivity (Wildman–Crippen MR) is 49.1 cm³/mol. The van der Waals surface area contributed by atoms with Gasteiger partial charge in [0.15, 0.2) is 0 Å². The Morgan fingerprint density at radius 1 is 1.29 bits per heavy atom. The fourth-order valence-electron chi connectivity index (χ4n) is 0.713. The van der Waals surface area contributed by atoms with Crippen molar-refractivity contribution in [2.75, 3.05) is 0 Å². The molecule has 0 aromatic carbocycles. The first-order chi connectivity index (χ1) is 6.13. The van der Waals surface area contributed by atoms with Gasteiger partial charge in [0.25, 0.3) is 0 Å². The molecule has 0 spiro atoms. The first-order valence-electron chi connectivity index (χ1n) is 3.59. The Labute approximate surface area is 81.8 Å². The Morgan fingerprint density at radius 3 is 1.93 bits per heavy atom. The highest BCUT2D eigenvalue weighted by Crippen LogP contribution is 2.16. The molecule has 1 rings (SSSR count). The molecule has 2 atom stereocenters. The summed E-state index contributed by atoms with van der Waals surface area (Å²) in [5.74, 6) is 0. The Morgan fingerprint density at radius 2 is 1.71 bits per heavy atom. The van der Waals surface area contributed by atoms with Crippen molar-refractivity contribution in [2.24, 2.45) is 0 Å². The van der Waals surface area contributed by atoms with Crippen LogP contribution in [0.5, 0.6) is 0 Å². The second kappa shape index (κ2) is 4.67. The first-order valence-corrected chi connectivity index (χ1v) is 4.99. The number of aliphatic hydroxyl groups excluding tert-OH is 1. The Hall–Kier alpha value is -0.730. The fourth-order valence-corrected chi connectivity index (χ4v) is 0.713. The van der Waals surface area contributed by atoms with Crippen LogP contribution in [0.4, 0.5) is 0 Å². The lowest BCUT2D eigenvalue weighted by molar-refractivity contribution is -0.000772. The SMILES string of the molecule is CC1(O)C=CC=CC1O.O=S(=O)(O)O. The highest BCUT2D eigenvalue weighted by atomic mass is 32.3. The lowest BCUT2D eigenvalue weighted by atomic mass is 9.95. The maximum atomic E-state index is 9.25. The van der Waals surface area contributed by atoms with Crippen molar-refractivity contribution < 1.29 is 27.7 Å². The van der Waals surface area contributed by atoms with Gasteiger partial charge in [0.1, 0.15) is 11.7 Å². The number of aliphatic hydroxyl groups is 2. The Bertz CT molecular complexity index is 318. The minimum Gasteiger partial charge on any atom is -0.386 e. The van der Waals surface area contributed by atoms with Crippen LogP contribution in [-0.2, 0) is 10.4 Å². The van der Waals surface area contributed by atoms with Crippen molar-refractivity contribution in [2.45, 2.75) is 18.6 Å². The summed E-state index contributed by atoms with van der Waals surface area (Å²) in [4.78, 5) is 0. The van der Waals surface area contributed by atoms with E-state index >= 15 is 0 Å². The van der Waals surface area contributed by atoms with E-state index in [-0.39, 0.29) is 0 Å². The molecule has 2 unspecified atom stereocenters. The molecule has 7 heteroatoms. The summed E-state index contributed by atoms with van der Waals surface area (Å²) in [6.07, 6.45) is 5.79. The van der Waals surface area contributed by atoms with Crippen molar-refractivity contribution >= 4 is 10.4 Å². The molecule has 0 fully saturated rings. The van der Waals surface area contributed by atoms with Crippen molar-refractivity contribution in [3.8, 4) is 0 Å². The Balaban J connectivity index is 0.000000292. The molecule has 14 heavy (non-hydrogen) atoms. The van der Waals surface area contributed by atoms with Crippen LogP contribution in [0.1, 0.15) is 6.92 Å². The molecule has 0 aromatic rings. The third-order valence-corrected chi connectivity index (χ3v) is 1.44. The summed E-state index contributed by atoms with van der Waals surface area (Å²) in [5.41, 5.74) is -1.07. The van der Waals surface area contributed by atoms with Crippen LogP contribution >= 0.6 is 0 Å². The molecule has 0 aromatic heterocycles. The quantitative estimate of drug-likeness (QED) is 0.415. The average molecular weight is 224 g/mol. The number of hydrogen-bond donors (Lipinski definition) is 4. The molecule has 0 saturated heterocycles. The lowest BCUT2D eigenvalue weighted by Gasteiger charge is -2.24. The predicted octanol–water partition coefficient (Wildman–Crippen LogP) is -0.429. The van der Waals surface area contributed by atoms with Gasteiger partial charge in [-0.15, -0.1) is 0 Å². The maximum Gasteiger partial charge on any atom is 0.394 e. The van der Waals surface area contributed by atoms with Gasteiger partial charge in [0.2, 0.25) is 0 Å². The summed E-state index contributed by atoms with van der Waals surface area (Å²) in [6, 6.07) is 0. The highest BCUT2D eigenvalue weighted by Gasteiger charge is 2.25. The van der Waals surface area contributed by atoms with Crippen molar-refractivity contribution in [3.63, 3.8) is 0 Å². The zero-order chi connectivity index (χ0) is 11.4. The summed E-state index contributed by atoms with van der Waals surface area (Å²) < 4.78 is 31.6. The summed E-state index contributed by atoms with van der Waals surface area (Å²) in [5, 5.41) is 18.3. The molecule has 0 bridgehead atoms. The zero-order valence-corrected chi connectivity index (χ0v) is 8.22. The van der Waals surface area contributed by atoms with Gasteiger partial charge in [-0.3, -0.25) is 9.11 Å². The summed E-state index contributed by atoms with van der Waals surface area (Å²) in [7, 11) is -4.67. The molecule has 6 nitrogen and oxygen atoms in total. The van der Waals surface area contributed by atoms with E-state index in [9.17, 15) is 5.11 Å². The maximum absolute atomic E-state index is 9.25. The lowest BCUT2D eigenvalue weighted by Crippen LogP contribution is -2.36. The summed E-state index contributed by atoms with van der Waals surface area (Å²) in [6.45, 7) is 1.57. The highest BCUT2D eigenvalue weighted by molar-refractivity contribution is 7.79. The van der Waals surface area contributed by atoms with Crippen LogP contribution in [-0.4, -0.2) is 39.4 Å². The van der Waals surface area contributed by atoms with E-state index < -0.39 is 22.1 Å². The molecule has 0 radical (unpaired) electrons. The van der Waals surface area contributed by atoms with Crippen molar-refractivity contribution in [1.82, 2.24) is 0 Å². The van der Waals surface area contributed by atoms with Gasteiger partial charge in [-0.1, -0.05) is 24.3 Å². The average Bonchev–Trinajstić information content (AvgIpc) is 1.92. The molecule has 4 N–H and O–H groups in total. The van der Waals surface area contributed by atoms with Gasteiger partial charge < -0.3 is 10.2 Å². The third kappa shape index (κ3) is 6.75. The molecule has 0 saturated carbocycles. The molecule has 1 aliphatic carbocycles. The molecule has 82 valence electrons. The fraction of sp³-hybridized carbons (Fsp3) is 0.429. The molecule has 0 heterocycles. The van der Waals surface area contributed by atoms with Gasteiger partial charge in [-0.25, -0.2) is 0 Å². The van der Waals surface area contributed by atoms with Crippen molar-refractivity contribution in [3.05, 3.63) is 24.3 Å². The molecule has 1 aliphatic rings. The van der Waals surface area contributed by atoms with Crippen LogP contribution < -0.4 is 0 Å². The van der Waals surface area contributed by atoms with Gasteiger partial charge in [0.05, 0.1) is 0 Å². The van der Waals surface area contributed by atoms with Crippen LogP contribution in [0.2, 0.25) is 0 Å². The number of allylic oxidation sites excluding steroid dienone is 2. The van der Waals surface area contributed by atoms with Crippen LogP contribution in [0, 0.1) is 0 Å². The van der Waals surface area contributed by atoms with E-state index in [4.69, 9.17) is 22.6 Å². The minimum absolute atomic E-state index is 0.762. The number of rotatable bonds is 0. The van der Waals surface area contributed by atoms with E-state index in [1.54, 1.807) is 31.2 Å². The van der Waals surface area contributed by atoms with Gasteiger partial charge in [-0.2, -0.15) is 8.42 Å². The summed E-state index contributed by atoms with van der Waals surface area (Å²) >= 11 is 0. The second-order valence-electron chi connectivity index (χ2n) is 2.86. The monoisotopic (exact) mass is 224 g/mol. The normalized spacial score (nSPS) is 30.8. The van der Waals surface area contributed by atoms with Crippen molar-refractivity contribution in [1.29, 1.82) is 0 Å². The second-order valence-corrected chi connectivity index (χ2v) is 3.76. The largest absolute Gasteiger partial charge is 0.394 e. The standard InChI is InChI=1S/C7H10O2.H2O4S/c1-7(9)5-3-2-4-6(7)8;1-5(2,3)4/h2-6,8-9H,1H3;(H2,1,2,3,4). The van der Waals surface area contributed by atoms with Gasteiger partial charge in [0, 0.05) is 0 Å². The van der Waals surface area contributed by atoms with E-state index in [1.807, 2.05) is 0 Å². The molecule has 0 aliphatic heterocycles. The number of hydrogen-bond acceptors (Lipinski definition) is 4. The van der Waals surface area contributed by atoms with E-state index in [2.05, 4.69) is 0 Å². The van der Waals surface area contributed by atoms with Crippen LogP contribution in [0.3, 0.4) is 0 Å². The molecule has 0 amide bonds. The van der Waals surface area contributed by atoms with E-state index in [0.29, 0.717) is 0 Å². The first kappa shape index (κ1) is 13.3. The van der Waals surface area contributed by atoms with E-state index in [0.717, 1.165) is 0 Å². The zero-order valence-electron chi connectivity index (χ0n) is 7.40. The van der Waals surface area contributed by atoms with Crippen LogP contribution in [0.15, 0.2) is 24.3 Å².